The highest BCUT2D eigenvalue weighted by Gasteiger charge is 2.71. The number of nitrogens with zero attached hydrogens (tertiary/aromatic N) is 2. The number of fused-ring (bicyclic) bond motifs is 3. The summed E-state index contributed by atoms with van der Waals surface area (Å²) in [6, 6.07) is 12.6. The number of β-lactam (4-membered cyclic amide) rings is 1. The van der Waals surface area contributed by atoms with E-state index in [9.17, 15) is 34.4 Å². The zero-order valence-corrected chi connectivity index (χ0v) is 20.0. The summed E-state index contributed by atoms with van der Waals surface area (Å²) < 4.78 is 10.9. The highest BCUT2D eigenvalue weighted by molar-refractivity contribution is 8.00. The number of benzene rings is 2. The molecule has 37 heavy (non-hydrogen) atoms. The lowest BCUT2D eigenvalue weighted by atomic mass is 9.89. The van der Waals surface area contributed by atoms with E-state index in [1.165, 1.54) is 36.0 Å². The van der Waals surface area contributed by atoms with Crippen molar-refractivity contribution in [3.63, 3.8) is 0 Å². The van der Waals surface area contributed by atoms with Gasteiger partial charge in [0, 0.05) is 23.8 Å². The maximum atomic E-state index is 13.3. The Hall–Kier alpha value is -3.97. The Bertz CT molecular complexity index is 1270. The molecule has 3 saturated heterocycles. The molecule has 2 amide bonds. The van der Waals surface area contributed by atoms with Crippen LogP contribution in [0.3, 0.4) is 0 Å². The fraction of sp³-hybridized carbons (Fsp3) is 0.333. The molecule has 0 spiro atoms. The second-order valence-corrected chi connectivity index (χ2v) is 9.95. The molecule has 3 fully saturated rings. The Kier molecular flexibility index (Phi) is 6.33. The second-order valence-electron chi connectivity index (χ2n) is 8.80. The van der Waals surface area contributed by atoms with Crippen LogP contribution in [0.5, 0.6) is 0 Å². The molecule has 0 bridgehead atoms. The predicted octanol–water partition coefficient (Wildman–Crippen LogP) is 1.03. The zero-order chi connectivity index (χ0) is 26.3. The molecule has 13 heteroatoms. The van der Waals surface area contributed by atoms with E-state index in [1.54, 1.807) is 30.3 Å². The largest absolute Gasteiger partial charge is 0.456 e. The zero-order valence-electron chi connectivity index (χ0n) is 19.1. The van der Waals surface area contributed by atoms with Crippen LogP contribution in [0, 0.1) is 16.0 Å². The van der Waals surface area contributed by atoms with Crippen LogP contribution in [0.25, 0.3) is 0 Å². The van der Waals surface area contributed by atoms with Gasteiger partial charge in [0.1, 0.15) is 18.0 Å². The van der Waals surface area contributed by atoms with Gasteiger partial charge in [-0.05, 0) is 23.3 Å². The summed E-state index contributed by atoms with van der Waals surface area (Å²) in [5, 5.41) is 23.0. The average Bonchev–Trinajstić information content (AvgIpc) is 3.25. The van der Waals surface area contributed by atoms with E-state index in [0.29, 0.717) is 16.9 Å². The summed E-state index contributed by atoms with van der Waals surface area (Å²) in [4.78, 5) is 62.8. The van der Waals surface area contributed by atoms with Gasteiger partial charge < -0.3 is 19.9 Å². The van der Waals surface area contributed by atoms with Crippen molar-refractivity contribution in [3.05, 3.63) is 75.8 Å². The first kappa shape index (κ1) is 24.7. The van der Waals surface area contributed by atoms with Crippen LogP contribution in [-0.4, -0.2) is 61.6 Å². The molecule has 0 radical (unpaired) electrons. The Morgan fingerprint density at radius 2 is 1.92 bits per heavy atom. The van der Waals surface area contributed by atoms with Gasteiger partial charge in [-0.15, -0.1) is 11.8 Å². The van der Waals surface area contributed by atoms with Crippen LogP contribution in [-0.2, 0) is 35.3 Å². The van der Waals surface area contributed by atoms with E-state index in [1.807, 2.05) is 0 Å². The highest BCUT2D eigenvalue weighted by Crippen LogP contribution is 2.51. The van der Waals surface area contributed by atoms with Crippen LogP contribution in [0.4, 0.5) is 5.69 Å². The van der Waals surface area contributed by atoms with Gasteiger partial charge >= 0.3 is 11.9 Å². The molecule has 0 aromatic heterocycles. The SMILES string of the molecule is O=C1C[C@H]2CS[C@@H]3[C@H](NC(=O)C(O)c4ccccc4)C(=O)N3[C@@]2(C(=O)OCc2ccc([N+](=O)[O-])cc2)O1. The van der Waals surface area contributed by atoms with Gasteiger partial charge in [0.25, 0.3) is 23.2 Å². The minimum atomic E-state index is -1.97. The van der Waals surface area contributed by atoms with Crippen molar-refractivity contribution in [1.82, 2.24) is 10.2 Å². The number of ether oxygens (including phenoxy) is 2. The summed E-state index contributed by atoms with van der Waals surface area (Å²) in [6.07, 6.45) is -1.57. The van der Waals surface area contributed by atoms with Gasteiger partial charge in [-0.2, -0.15) is 0 Å². The lowest BCUT2D eigenvalue weighted by Crippen LogP contribution is -2.80. The maximum absolute atomic E-state index is 13.3. The van der Waals surface area contributed by atoms with Crippen molar-refractivity contribution in [2.75, 3.05) is 5.75 Å². The van der Waals surface area contributed by atoms with E-state index in [4.69, 9.17) is 9.47 Å². The molecule has 3 aliphatic rings. The number of amides is 2. The van der Waals surface area contributed by atoms with Crippen molar-refractivity contribution < 1.29 is 38.7 Å². The van der Waals surface area contributed by atoms with E-state index >= 15 is 0 Å². The molecular formula is C24H21N3O9S. The third-order valence-corrected chi connectivity index (χ3v) is 8.00. The van der Waals surface area contributed by atoms with E-state index < -0.39 is 57.8 Å². The van der Waals surface area contributed by atoms with Gasteiger partial charge in [-0.3, -0.25) is 29.4 Å². The first-order valence-electron chi connectivity index (χ1n) is 11.3. The Morgan fingerprint density at radius 1 is 1.22 bits per heavy atom. The Labute approximate surface area is 214 Å². The molecular weight excluding hydrogens is 506 g/mol. The number of non-ortho nitro benzene ring substituents is 1. The third-order valence-electron chi connectivity index (χ3n) is 6.58. The van der Waals surface area contributed by atoms with E-state index in [2.05, 4.69) is 5.32 Å². The topological polar surface area (TPSA) is 165 Å². The quantitative estimate of drug-likeness (QED) is 0.230. The highest BCUT2D eigenvalue weighted by atomic mass is 32.2. The number of hydrogen-bond donors (Lipinski definition) is 2. The second kappa shape index (κ2) is 9.48. The number of hydrogen-bond acceptors (Lipinski definition) is 10. The van der Waals surface area contributed by atoms with E-state index in [0.717, 1.165) is 4.90 Å². The summed E-state index contributed by atoms with van der Waals surface area (Å²) >= 11 is 1.29. The van der Waals surface area contributed by atoms with Gasteiger partial charge in [0.05, 0.1) is 11.3 Å². The van der Waals surface area contributed by atoms with Gasteiger partial charge in [0.2, 0.25) is 0 Å². The molecule has 2 N–H and O–H groups in total. The van der Waals surface area contributed by atoms with Crippen molar-refractivity contribution in [3.8, 4) is 0 Å². The molecule has 1 unspecified atom stereocenters. The van der Waals surface area contributed by atoms with Crippen molar-refractivity contribution in [1.29, 1.82) is 0 Å². The number of esters is 2. The molecule has 12 nitrogen and oxygen atoms in total. The maximum Gasteiger partial charge on any atom is 0.373 e. The first-order chi connectivity index (χ1) is 17.7. The number of aliphatic hydroxyl groups excluding tert-OH is 1. The monoisotopic (exact) mass is 527 g/mol. The molecule has 0 aliphatic carbocycles. The van der Waals surface area contributed by atoms with Crippen molar-refractivity contribution in [2.24, 2.45) is 5.92 Å². The molecule has 3 aliphatic heterocycles. The fourth-order valence-corrected chi connectivity index (χ4v) is 6.24. The number of nitro benzene ring substituents is 1. The smallest absolute Gasteiger partial charge is 0.373 e. The van der Waals surface area contributed by atoms with E-state index in [-0.39, 0.29) is 18.7 Å². The van der Waals surface area contributed by atoms with Crippen LogP contribution in [0.2, 0.25) is 0 Å². The molecule has 192 valence electrons. The Balaban J connectivity index is 1.31. The van der Waals surface area contributed by atoms with Crippen LogP contribution >= 0.6 is 11.8 Å². The van der Waals surface area contributed by atoms with Gasteiger partial charge in [-0.1, -0.05) is 30.3 Å². The summed E-state index contributed by atoms with van der Waals surface area (Å²) in [6.45, 7) is -0.258. The number of carbonyl (C=O) groups excluding carboxylic acids is 4. The average molecular weight is 528 g/mol. The first-order valence-corrected chi connectivity index (χ1v) is 12.4. The number of thioether (sulfide) groups is 1. The number of aliphatic hydroxyl groups is 1. The summed E-state index contributed by atoms with van der Waals surface area (Å²) in [7, 11) is 0. The lowest BCUT2D eigenvalue weighted by Gasteiger charge is -2.57. The molecule has 5 rings (SSSR count). The fourth-order valence-electron chi connectivity index (χ4n) is 4.68. The number of nitro groups is 1. The van der Waals surface area contributed by atoms with Crippen LogP contribution in [0.15, 0.2) is 54.6 Å². The minimum Gasteiger partial charge on any atom is -0.456 e. The normalized spacial score (nSPS) is 26.7. The number of rotatable bonds is 7. The number of carbonyl (C=O) groups is 4. The molecule has 5 atom stereocenters. The third kappa shape index (κ3) is 4.19. The predicted molar refractivity (Wildman–Crippen MR) is 126 cm³/mol. The summed E-state index contributed by atoms with van der Waals surface area (Å²) in [5.74, 6) is -3.36. The molecule has 2 aromatic rings. The Morgan fingerprint density at radius 3 is 2.59 bits per heavy atom. The van der Waals surface area contributed by atoms with Gasteiger partial charge in [0.15, 0.2) is 6.10 Å². The minimum absolute atomic E-state index is 0.0835. The lowest BCUT2D eigenvalue weighted by molar-refractivity contribution is -0.384. The molecule has 2 aromatic carbocycles. The van der Waals surface area contributed by atoms with Crippen molar-refractivity contribution in [2.45, 2.75) is 36.3 Å². The van der Waals surface area contributed by atoms with Crippen LogP contribution < -0.4 is 5.32 Å². The standard InChI is InChI=1S/C24H21N3O9S/c28-17-10-15-12-37-22-18(25-20(30)19(29)14-4-2-1-3-5-14)21(31)26(22)24(15,36-17)23(32)35-11-13-6-8-16(9-7-13)27(33)34/h1-9,15,18-19,22,29H,10-12H2,(H,25,30)/t15-,18+,19?,22+,24+/m0/s1. The molecule has 3 heterocycles. The van der Waals surface area contributed by atoms with Crippen LogP contribution in [0.1, 0.15) is 23.7 Å². The van der Waals surface area contributed by atoms with Gasteiger partial charge in [-0.25, -0.2) is 4.79 Å². The van der Waals surface area contributed by atoms with Crippen molar-refractivity contribution >= 4 is 41.2 Å². The summed E-state index contributed by atoms with van der Waals surface area (Å²) in [5.41, 5.74) is -1.27. The number of nitrogens with one attached hydrogen (secondary N) is 1. The molecule has 0 saturated carbocycles.